The first-order valence-corrected chi connectivity index (χ1v) is 24.6. The van der Waals surface area contributed by atoms with E-state index in [0.29, 0.717) is 38.9 Å². The lowest BCUT2D eigenvalue weighted by atomic mass is 9.83. The molecule has 0 aliphatic carbocycles. The number of likely N-dealkylation sites (tertiary alicyclic amines) is 1. The van der Waals surface area contributed by atoms with Crippen molar-refractivity contribution in [2.75, 3.05) is 47.9 Å². The van der Waals surface area contributed by atoms with Crippen LogP contribution in [0.2, 0.25) is 0 Å². The lowest BCUT2D eigenvalue weighted by Gasteiger charge is -2.41. The fourth-order valence-corrected chi connectivity index (χ4v) is 10.1. The number of ether oxygens (including phenoxy) is 3. The normalized spacial score (nSPS) is 18.1. The van der Waals surface area contributed by atoms with E-state index >= 15 is 0 Å². The van der Waals surface area contributed by atoms with Gasteiger partial charge in [0.2, 0.25) is 17.7 Å². The smallest absolute Gasteiger partial charge is 0.407 e. The second-order valence-electron chi connectivity index (χ2n) is 19.7. The molecule has 65 heavy (non-hydrogen) atoms. The standard InChI is InChI=1S/C50H82N6O8S/c1-15-34(6)44(55(12)48(60)37(32(2)3)30-40(57)43(33(4)5)54(11)26-20-24-52-49(61)64-50(8,9)10)41(62-13)31-42(58)56-27-19-23-39(56)45(63-14)35(7)46(59)53-38(47-51-25-28-65-47)29-36-21-17-16-18-22-36/h16-18,21-22,25,28,32-35,37-39,41,43-45H,15,19-20,23-24,26-27,29-31H2,1-14H3,(H,52,61)(H,53,59)/t34-,35+,37-,38-,39-,41+,43-,44-,45+/m0/s1. The van der Waals surface area contributed by atoms with Crippen LogP contribution in [-0.2, 0) is 39.8 Å². The molecule has 1 aliphatic heterocycles. The van der Waals surface area contributed by atoms with Gasteiger partial charge in [-0.05, 0) is 76.8 Å². The Morgan fingerprint density at radius 1 is 0.954 bits per heavy atom. The molecule has 0 spiro atoms. The number of thiazole rings is 1. The summed E-state index contributed by atoms with van der Waals surface area (Å²) < 4.78 is 17.5. The molecule has 2 heterocycles. The van der Waals surface area contributed by atoms with Gasteiger partial charge >= 0.3 is 6.09 Å². The van der Waals surface area contributed by atoms with Gasteiger partial charge in [0, 0.05) is 64.8 Å². The number of carbonyl (C=O) groups is 5. The van der Waals surface area contributed by atoms with Gasteiger partial charge in [0.05, 0.1) is 48.7 Å². The molecule has 1 aromatic carbocycles. The first kappa shape index (κ1) is 55.4. The van der Waals surface area contributed by atoms with Crippen LogP contribution in [0.25, 0.3) is 0 Å². The average Bonchev–Trinajstić information content (AvgIpc) is 3.97. The van der Waals surface area contributed by atoms with Crippen molar-refractivity contribution in [3.8, 4) is 0 Å². The molecule has 1 aliphatic rings. The van der Waals surface area contributed by atoms with E-state index in [1.165, 1.54) is 11.3 Å². The molecule has 14 nitrogen and oxygen atoms in total. The number of nitrogens with one attached hydrogen (secondary N) is 2. The Kier molecular flexibility index (Phi) is 22.5. The quantitative estimate of drug-likeness (QED) is 0.0902. The van der Waals surface area contributed by atoms with E-state index in [2.05, 4.69) is 29.5 Å². The third-order valence-corrected chi connectivity index (χ3v) is 13.8. The number of hydrogen-bond acceptors (Lipinski definition) is 11. The van der Waals surface area contributed by atoms with Crippen molar-refractivity contribution in [2.24, 2.45) is 29.6 Å². The average molecular weight is 927 g/mol. The molecule has 1 aromatic heterocycles. The van der Waals surface area contributed by atoms with Gasteiger partial charge in [-0.15, -0.1) is 11.3 Å². The van der Waals surface area contributed by atoms with Crippen molar-refractivity contribution in [2.45, 2.75) is 156 Å². The van der Waals surface area contributed by atoms with E-state index in [-0.39, 0.29) is 66.2 Å². The SMILES string of the molecule is CC[C@H](C)[C@@H]([C@@H](CC(=O)N1CCC[C@H]1[C@H](OC)[C@@H](C)C(=O)N[C@@H](Cc1ccccc1)c1nccs1)OC)N(C)C(=O)[C@@H](CC(=O)[C@H](C(C)C)N(C)CCCNC(=O)OC(C)(C)C)C(C)C. The molecule has 4 amide bonds. The van der Waals surface area contributed by atoms with Gasteiger partial charge in [-0.25, -0.2) is 9.78 Å². The number of alkyl carbamates (subject to hydrolysis) is 1. The van der Waals surface area contributed by atoms with E-state index in [0.717, 1.165) is 23.4 Å². The van der Waals surface area contributed by atoms with Crippen molar-refractivity contribution in [3.05, 3.63) is 52.5 Å². The summed E-state index contributed by atoms with van der Waals surface area (Å²) in [5.41, 5.74) is 0.497. The molecule has 0 saturated carbocycles. The number of nitrogens with zero attached hydrogens (tertiary/aromatic N) is 4. The van der Waals surface area contributed by atoms with Gasteiger partial charge in [0.15, 0.2) is 5.78 Å². The van der Waals surface area contributed by atoms with Crippen LogP contribution in [-0.4, -0.2) is 133 Å². The van der Waals surface area contributed by atoms with Gasteiger partial charge in [0.25, 0.3) is 0 Å². The predicted molar refractivity (Wildman–Crippen MR) is 257 cm³/mol. The van der Waals surface area contributed by atoms with Gasteiger partial charge in [-0.3, -0.25) is 24.1 Å². The number of hydrogen-bond donors (Lipinski definition) is 2. The summed E-state index contributed by atoms with van der Waals surface area (Å²) in [4.78, 5) is 79.5. The van der Waals surface area contributed by atoms with Crippen molar-refractivity contribution < 1.29 is 38.2 Å². The third kappa shape index (κ3) is 16.4. The van der Waals surface area contributed by atoms with Crippen molar-refractivity contribution in [3.63, 3.8) is 0 Å². The molecule has 366 valence electrons. The highest BCUT2D eigenvalue weighted by Gasteiger charge is 2.43. The van der Waals surface area contributed by atoms with Crippen molar-refractivity contribution >= 4 is 40.9 Å². The van der Waals surface area contributed by atoms with Crippen LogP contribution in [0, 0.1) is 29.6 Å². The second-order valence-corrected chi connectivity index (χ2v) is 20.6. The maximum absolute atomic E-state index is 14.7. The minimum Gasteiger partial charge on any atom is -0.444 e. The number of aromatic nitrogens is 1. The molecule has 1 saturated heterocycles. The summed E-state index contributed by atoms with van der Waals surface area (Å²) >= 11 is 1.50. The summed E-state index contributed by atoms with van der Waals surface area (Å²) in [5.74, 6) is -1.77. The van der Waals surface area contributed by atoms with Gasteiger partial charge < -0.3 is 34.6 Å². The van der Waals surface area contributed by atoms with E-state index in [9.17, 15) is 24.0 Å². The number of methoxy groups -OCH3 is 2. The van der Waals surface area contributed by atoms with Crippen LogP contribution in [0.4, 0.5) is 4.79 Å². The molecule has 15 heteroatoms. The number of carbonyl (C=O) groups excluding carboxylic acids is 5. The molecule has 0 unspecified atom stereocenters. The highest BCUT2D eigenvalue weighted by atomic mass is 32.1. The summed E-state index contributed by atoms with van der Waals surface area (Å²) in [6.45, 7) is 20.9. The number of rotatable bonds is 26. The molecule has 0 radical (unpaired) electrons. The highest BCUT2D eigenvalue weighted by Crippen LogP contribution is 2.32. The summed E-state index contributed by atoms with van der Waals surface area (Å²) in [6, 6.07) is 8.49. The summed E-state index contributed by atoms with van der Waals surface area (Å²) in [7, 11) is 6.87. The number of Topliss-reactive ketones (excluding diaryl/α,β-unsaturated/α-hetero) is 1. The molecule has 2 N–H and O–H groups in total. The Hall–Kier alpha value is -3.92. The summed E-state index contributed by atoms with van der Waals surface area (Å²) in [5, 5.41) is 8.76. The number of benzene rings is 1. The van der Waals surface area contributed by atoms with E-state index in [4.69, 9.17) is 14.2 Å². The molecule has 3 rings (SSSR count). The van der Waals surface area contributed by atoms with Crippen LogP contribution < -0.4 is 10.6 Å². The molecule has 0 bridgehead atoms. The van der Waals surface area contributed by atoms with Gasteiger partial charge in [-0.2, -0.15) is 0 Å². The Balaban J connectivity index is 1.74. The van der Waals surface area contributed by atoms with E-state index in [1.807, 2.05) is 108 Å². The second kappa shape index (κ2) is 26.4. The molecular formula is C50H82N6O8S. The van der Waals surface area contributed by atoms with Crippen LogP contribution in [0.3, 0.4) is 0 Å². The van der Waals surface area contributed by atoms with Crippen molar-refractivity contribution in [1.29, 1.82) is 0 Å². The Morgan fingerprint density at radius 2 is 1.63 bits per heavy atom. The van der Waals surface area contributed by atoms with Crippen LogP contribution >= 0.6 is 11.3 Å². The largest absolute Gasteiger partial charge is 0.444 e. The fraction of sp³-hybridized carbons (Fsp3) is 0.720. The molecule has 2 aromatic rings. The first-order chi connectivity index (χ1) is 30.6. The zero-order valence-corrected chi connectivity index (χ0v) is 42.7. The zero-order chi connectivity index (χ0) is 48.6. The zero-order valence-electron chi connectivity index (χ0n) is 41.9. The number of ketones is 1. The van der Waals surface area contributed by atoms with E-state index < -0.39 is 47.8 Å². The fourth-order valence-electron chi connectivity index (χ4n) is 9.37. The minimum absolute atomic E-state index is 0.00622. The van der Waals surface area contributed by atoms with Gasteiger partial charge in [-0.1, -0.05) is 85.2 Å². The minimum atomic E-state index is -0.626. The van der Waals surface area contributed by atoms with Crippen molar-refractivity contribution in [1.82, 2.24) is 30.3 Å². The topological polar surface area (TPSA) is 160 Å². The monoisotopic (exact) mass is 927 g/mol. The first-order valence-electron chi connectivity index (χ1n) is 23.7. The molecule has 1 fully saturated rings. The Labute approximate surface area is 394 Å². The Morgan fingerprint density at radius 3 is 2.18 bits per heavy atom. The van der Waals surface area contributed by atoms with E-state index in [1.54, 1.807) is 32.4 Å². The van der Waals surface area contributed by atoms with Crippen LogP contribution in [0.15, 0.2) is 41.9 Å². The maximum atomic E-state index is 14.7. The molecular weight excluding hydrogens is 845 g/mol. The number of amides is 4. The van der Waals surface area contributed by atoms with Crippen LogP contribution in [0.1, 0.15) is 124 Å². The van der Waals surface area contributed by atoms with Gasteiger partial charge in [0.1, 0.15) is 10.6 Å². The predicted octanol–water partition coefficient (Wildman–Crippen LogP) is 7.57. The van der Waals surface area contributed by atoms with Crippen LogP contribution in [0.5, 0.6) is 0 Å². The Bertz CT molecular complexity index is 1770. The lowest BCUT2D eigenvalue weighted by molar-refractivity contribution is -0.149. The number of likely N-dealkylation sites (N-methyl/N-ethyl adjacent to an activating group) is 2. The third-order valence-electron chi connectivity index (χ3n) is 12.9. The lowest BCUT2D eigenvalue weighted by Crippen LogP contribution is -2.54. The highest BCUT2D eigenvalue weighted by molar-refractivity contribution is 7.09. The molecule has 9 atom stereocenters. The maximum Gasteiger partial charge on any atom is 0.407 e. The summed E-state index contributed by atoms with van der Waals surface area (Å²) in [6.07, 6.45) is 3.60.